The Morgan fingerprint density at radius 2 is 1.77 bits per heavy atom. The number of aliphatic hydroxyl groups excluding tert-OH is 1. The Morgan fingerprint density at radius 3 is 2.32 bits per heavy atom. The van der Waals surface area contributed by atoms with Crippen molar-refractivity contribution in [3.8, 4) is 0 Å². The van der Waals surface area contributed by atoms with Gasteiger partial charge < -0.3 is 15.3 Å². The summed E-state index contributed by atoms with van der Waals surface area (Å²) in [5, 5.41) is 12.0. The minimum absolute atomic E-state index is 0.0831. The molecule has 0 aliphatic carbocycles. The van der Waals surface area contributed by atoms with Crippen molar-refractivity contribution < 1.29 is 9.90 Å². The van der Waals surface area contributed by atoms with Gasteiger partial charge in [0.25, 0.3) is 5.91 Å². The molecular weight excluding hydrogens is 278 g/mol. The maximum absolute atomic E-state index is 12.1. The lowest BCUT2D eigenvalue weighted by molar-refractivity contribution is 0.0869. The molecule has 1 fully saturated rings. The number of hydrogen-bond acceptors (Lipinski definition) is 4. The summed E-state index contributed by atoms with van der Waals surface area (Å²) in [6.45, 7) is 8.83. The van der Waals surface area contributed by atoms with E-state index < -0.39 is 5.54 Å². The minimum Gasteiger partial charge on any atom is -0.394 e. The Kier molecular flexibility index (Phi) is 5.56. The summed E-state index contributed by atoms with van der Waals surface area (Å²) in [6.07, 6.45) is 0. The topological polar surface area (TPSA) is 55.8 Å². The van der Waals surface area contributed by atoms with Crippen LogP contribution in [-0.2, 0) is 6.54 Å². The summed E-state index contributed by atoms with van der Waals surface area (Å²) < 4.78 is 0. The van der Waals surface area contributed by atoms with Crippen molar-refractivity contribution in [1.29, 1.82) is 0 Å². The van der Waals surface area contributed by atoms with Crippen molar-refractivity contribution in [2.75, 3.05) is 39.8 Å². The van der Waals surface area contributed by atoms with Crippen LogP contribution in [0.1, 0.15) is 29.8 Å². The zero-order chi connectivity index (χ0) is 16.2. The first-order chi connectivity index (χ1) is 10.4. The van der Waals surface area contributed by atoms with Gasteiger partial charge in [0.1, 0.15) is 0 Å². The maximum atomic E-state index is 12.1. The Labute approximate surface area is 132 Å². The Balaban J connectivity index is 1.91. The largest absolute Gasteiger partial charge is 0.394 e. The van der Waals surface area contributed by atoms with Crippen LogP contribution in [0.2, 0.25) is 0 Å². The van der Waals surface area contributed by atoms with Gasteiger partial charge in [-0.05, 0) is 38.6 Å². The van der Waals surface area contributed by atoms with Crippen LogP contribution >= 0.6 is 0 Å². The molecule has 122 valence electrons. The molecule has 0 saturated carbocycles. The van der Waals surface area contributed by atoms with Crippen molar-refractivity contribution in [2.24, 2.45) is 0 Å². The first kappa shape index (κ1) is 16.9. The molecule has 1 amide bonds. The molecule has 1 heterocycles. The number of nitrogens with one attached hydrogen (secondary N) is 1. The van der Waals surface area contributed by atoms with Crippen LogP contribution in [-0.4, -0.2) is 66.2 Å². The summed E-state index contributed by atoms with van der Waals surface area (Å²) in [7, 11) is 2.15. The monoisotopic (exact) mass is 305 g/mol. The normalized spacial score (nSPS) is 17.5. The van der Waals surface area contributed by atoms with Crippen LogP contribution in [0.5, 0.6) is 0 Å². The van der Waals surface area contributed by atoms with Crippen LogP contribution in [0.25, 0.3) is 0 Å². The highest BCUT2D eigenvalue weighted by Gasteiger charge is 2.20. The predicted octanol–water partition coefficient (Wildman–Crippen LogP) is 0.935. The van der Waals surface area contributed by atoms with Gasteiger partial charge in [0.2, 0.25) is 0 Å². The van der Waals surface area contributed by atoms with Crippen LogP contribution < -0.4 is 5.32 Å². The molecule has 1 aliphatic heterocycles. The summed E-state index contributed by atoms with van der Waals surface area (Å²) in [5.41, 5.74) is 1.25. The van der Waals surface area contributed by atoms with Gasteiger partial charge in [-0.3, -0.25) is 9.69 Å². The Bertz CT molecular complexity index is 491. The van der Waals surface area contributed by atoms with Crippen molar-refractivity contribution in [1.82, 2.24) is 15.1 Å². The second kappa shape index (κ2) is 7.22. The van der Waals surface area contributed by atoms with E-state index in [1.165, 1.54) is 5.56 Å². The van der Waals surface area contributed by atoms with E-state index in [1.807, 2.05) is 24.3 Å². The first-order valence-corrected chi connectivity index (χ1v) is 7.83. The molecule has 0 radical (unpaired) electrons. The van der Waals surface area contributed by atoms with E-state index in [0.29, 0.717) is 5.56 Å². The number of carbonyl (C=O) groups excluding carboxylic acids is 1. The van der Waals surface area contributed by atoms with E-state index in [1.54, 1.807) is 13.8 Å². The quantitative estimate of drug-likeness (QED) is 0.850. The number of benzene rings is 1. The number of likely N-dealkylation sites (N-methyl/N-ethyl adjacent to an activating group) is 1. The second-order valence-electron chi connectivity index (χ2n) is 6.77. The van der Waals surface area contributed by atoms with Gasteiger partial charge in [-0.2, -0.15) is 0 Å². The minimum atomic E-state index is -0.602. The lowest BCUT2D eigenvalue weighted by atomic mass is 10.1. The molecular formula is C17H27N3O2. The molecule has 2 N–H and O–H groups in total. The fourth-order valence-corrected chi connectivity index (χ4v) is 2.44. The van der Waals surface area contributed by atoms with E-state index in [4.69, 9.17) is 0 Å². The molecule has 1 aliphatic rings. The maximum Gasteiger partial charge on any atom is 0.251 e. The van der Waals surface area contributed by atoms with Crippen molar-refractivity contribution in [3.05, 3.63) is 35.4 Å². The number of hydrogen-bond donors (Lipinski definition) is 2. The molecule has 0 unspecified atom stereocenters. The smallest absolute Gasteiger partial charge is 0.251 e. The number of rotatable bonds is 5. The zero-order valence-electron chi connectivity index (χ0n) is 13.8. The number of carbonyl (C=O) groups is 1. The third-order valence-electron chi connectivity index (χ3n) is 4.07. The Hall–Kier alpha value is -1.43. The fraction of sp³-hybridized carbons (Fsp3) is 0.588. The molecule has 0 atom stereocenters. The molecule has 2 rings (SSSR count). The van der Waals surface area contributed by atoms with Crippen molar-refractivity contribution in [3.63, 3.8) is 0 Å². The molecule has 1 aromatic rings. The van der Waals surface area contributed by atoms with Crippen LogP contribution in [0, 0.1) is 0 Å². The zero-order valence-corrected chi connectivity index (χ0v) is 13.8. The van der Waals surface area contributed by atoms with Gasteiger partial charge in [-0.25, -0.2) is 0 Å². The van der Waals surface area contributed by atoms with E-state index in [2.05, 4.69) is 22.2 Å². The average molecular weight is 305 g/mol. The number of piperazine rings is 1. The summed E-state index contributed by atoms with van der Waals surface area (Å²) in [6, 6.07) is 7.74. The lowest BCUT2D eigenvalue weighted by Gasteiger charge is -2.32. The summed E-state index contributed by atoms with van der Waals surface area (Å²) in [5.74, 6) is -0.148. The molecule has 1 aromatic carbocycles. The first-order valence-electron chi connectivity index (χ1n) is 7.83. The summed E-state index contributed by atoms with van der Waals surface area (Å²) >= 11 is 0. The molecule has 0 spiro atoms. The Morgan fingerprint density at radius 1 is 1.18 bits per heavy atom. The third kappa shape index (κ3) is 4.80. The van der Waals surface area contributed by atoms with Crippen LogP contribution in [0.3, 0.4) is 0 Å². The second-order valence-corrected chi connectivity index (χ2v) is 6.77. The SMILES string of the molecule is CN1CCN(Cc2ccc(C(=O)NC(C)(C)CO)cc2)CC1. The van der Waals surface area contributed by atoms with Crippen molar-refractivity contribution >= 4 is 5.91 Å². The molecule has 5 nitrogen and oxygen atoms in total. The highest BCUT2D eigenvalue weighted by molar-refractivity contribution is 5.94. The average Bonchev–Trinajstić information content (AvgIpc) is 2.50. The predicted molar refractivity (Wildman–Crippen MR) is 87.8 cm³/mol. The molecule has 1 saturated heterocycles. The van der Waals surface area contributed by atoms with E-state index in [-0.39, 0.29) is 12.5 Å². The van der Waals surface area contributed by atoms with Gasteiger partial charge in [0.15, 0.2) is 0 Å². The number of aliphatic hydroxyl groups is 1. The number of nitrogens with zero attached hydrogens (tertiary/aromatic N) is 2. The molecule has 22 heavy (non-hydrogen) atoms. The highest BCUT2D eigenvalue weighted by atomic mass is 16.3. The third-order valence-corrected chi connectivity index (χ3v) is 4.07. The van der Waals surface area contributed by atoms with Gasteiger partial charge >= 0.3 is 0 Å². The summed E-state index contributed by atoms with van der Waals surface area (Å²) in [4.78, 5) is 16.9. The molecule has 0 bridgehead atoms. The van der Waals surface area contributed by atoms with E-state index >= 15 is 0 Å². The molecule has 0 aromatic heterocycles. The lowest BCUT2D eigenvalue weighted by Crippen LogP contribution is -2.46. The van der Waals surface area contributed by atoms with E-state index in [0.717, 1.165) is 32.7 Å². The fourth-order valence-electron chi connectivity index (χ4n) is 2.44. The van der Waals surface area contributed by atoms with Gasteiger partial charge in [-0.1, -0.05) is 12.1 Å². The molecule has 5 heteroatoms. The van der Waals surface area contributed by atoms with Gasteiger partial charge in [0, 0.05) is 38.3 Å². The standard InChI is InChI=1S/C17H27N3O2/c1-17(2,13-21)18-16(22)15-6-4-14(5-7-15)12-20-10-8-19(3)9-11-20/h4-7,21H,8-13H2,1-3H3,(H,18,22). The van der Waals surface area contributed by atoms with E-state index in [9.17, 15) is 9.90 Å². The number of amides is 1. The van der Waals surface area contributed by atoms with Crippen LogP contribution in [0.4, 0.5) is 0 Å². The van der Waals surface area contributed by atoms with Crippen molar-refractivity contribution in [2.45, 2.75) is 25.9 Å². The highest BCUT2D eigenvalue weighted by Crippen LogP contribution is 2.11. The van der Waals surface area contributed by atoms with Gasteiger partial charge in [0.05, 0.1) is 12.1 Å². The van der Waals surface area contributed by atoms with Crippen LogP contribution in [0.15, 0.2) is 24.3 Å². The van der Waals surface area contributed by atoms with Gasteiger partial charge in [-0.15, -0.1) is 0 Å².